The monoisotopic (exact) mass is 312 g/mol. The molecule has 5 N–H and O–H groups in total. The molecule has 0 aliphatic carbocycles. The van der Waals surface area contributed by atoms with Crippen LogP contribution >= 0.6 is 12.4 Å². The highest BCUT2D eigenvalue weighted by atomic mass is 35.5. The van der Waals surface area contributed by atoms with Gasteiger partial charge in [-0.3, -0.25) is 4.79 Å². The Morgan fingerprint density at radius 1 is 1.29 bits per heavy atom. The Kier molecular flexibility index (Phi) is 6.98. The number of nitrogens with two attached hydrogens (primary N) is 1. The van der Waals surface area contributed by atoms with Crippen LogP contribution < -0.4 is 21.7 Å². The van der Waals surface area contributed by atoms with E-state index in [1.54, 1.807) is 12.1 Å². The molecule has 0 aromatic heterocycles. The topological polar surface area (TPSA) is 96.2 Å². The highest BCUT2D eigenvalue weighted by molar-refractivity contribution is 5.87. The lowest BCUT2D eigenvalue weighted by molar-refractivity contribution is -0.125. The fraction of sp³-hybridized carbons (Fsp3) is 0.429. The summed E-state index contributed by atoms with van der Waals surface area (Å²) in [6, 6.07) is 6.63. The molecule has 7 heteroatoms. The Morgan fingerprint density at radius 2 is 2.00 bits per heavy atom. The predicted octanol–water partition coefficient (Wildman–Crippen LogP) is 1.21. The average molecular weight is 313 g/mol. The molecule has 0 saturated carbocycles. The molecular formula is C14H21ClN4O2. The molecule has 1 aliphatic rings. The number of carbonyl (C=O) groups excluding carboxylic acids is 2. The van der Waals surface area contributed by atoms with Crippen LogP contribution in [0, 0.1) is 5.92 Å². The number of benzene rings is 1. The molecule has 1 saturated heterocycles. The van der Waals surface area contributed by atoms with Crippen LogP contribution in [0.2, 0.25) is 0 Å². The predicted molar refractivity (Wildman–Crippen MR) is 84.3 cm³/mol. The van der Waals surface area contributed by atoms with E-state index in [1.807, 2.05) is 12.1 Å². The summed E-state index contributed by atoms with van der Waals surface area (Å²) in [6.45, 7) is 2.25. The minimum Gasteiger partial charge on any atom is -0.352 e. The van der Waals surface area contributed by atoms with Crippen molar-refractivity contribution in [3.05, 3.63) is 29.8 Å². The molecule has 1 aromatic rings. The first-order valence-corrected chi connectivity index (χ1v) is 6.79. The standard InChI is InChI=1S/C14H20N4O2.ClH/c15-14(20)18-12-5-3-10(4-6-12)8-17-13(19)11-2-1-7-16-9-11;/h3-6,11,16H,1-2,7-9H2,(H,17,19)(H3,15,18,20);1H. The summed E-state index contributed by atoms with van der Waals surface area (Å²) in [6.07, 6.45) is 1.99. The van der Waals surface area contributed by atoms with E-state index in [9.17, 15) is 9.59 Å². The fourth-order valence-electron chi connectivity index (χ4n) is 2.26. The maximum atomic E-state index is 12.0. The number of urea groups is 1. The van der Waals surface area contributed by atoms with Crippen LogP contribution in [0.15, 0.2) is 24.3 Å². The number of halogens is 1. The summed E-state index contributed by atoms with van der Waals surface area (Å²) in [4.78, 5) is 22.7. The minimum absolute atomic E-state index is 0. The Balaban J connectivity index is 0.00000220. The van der Waals surface area contributed by atoms with Crippen LogP contribution in [0.25, 0.3) is 0 Å². The van der Waals surface area contributed by atoms with E-state index in [1.165, 1.54) is 0 Å². The number of hydrogen-bond acceptors (Lipinski definition) is 3. The number of primary amides is 1. The molecule has 1 fully saturated rings. The van der Waals surface area contributed by atoms with Crippen molar-refractivity contribution in [1.29, 1.82) is 0 Å². The van der Waals surface area contributed by atoms with Gasteiger partial charge in [0.15, 0.2) is 0 Å². The van der Waals surface area contributed by atoms with Gasteiger partial charge >= 0.3 is 6.03 Å². The molecule has 0 spiro atoms. The molecule has 1 unspecified atom stereocenters. The van der Waals surface area contributed by atoms with Gasteiger partial charge < -0.3 is 21.7 Å². The molecule has 21 heavy (non-hydrogen) atoms. The Labute approximate surface area is 130 Å². The summed E-state index contributed by atoms with van der Waals surface area (Å²) in [5.74, 6) is 0.163. The molecule has 0 radical (unpaired) electrons. The molecule has 1 atom stereocenters. The quantitative estimate of drug-likeness (QED) is 0.673. The highest BCUT2D eigenvalue weighted by Crippen LogP contribution is 2.11. The summed E-state index contributed by atoms with van der Waals surface area (Å²) >= 11 is 0. The van der Waals surface area contributed by atoms with Crippen molar-refractivity contribution >= 4 is 30.0 Å². The van der Waals surface area contributed by atoms with E-state index < -0.39 is 6.03 Å². The normalized spacial score (nSPS) is 17.4. The first kappa shape index (κ1) is 17.3. The number of nitrogens with one attached hydrogen (secondary N) is 3. The summed E-state index contributed by atoms with van der Waals surface area (Å²) in [5.41, 5.74) is 6.66. The summed E-state index contributed by atoms with van der Waals surface area (Å²) in [5, 5.41) is 8.66. The maximum Gasteiger partial charge on any atom is 0.316 e. The van der Waals surface area contributed by atoms with E-state index in [0.29, 0.717) is 12.2 Å². The number of carbonyl (C=O) groups is 2. The Hall–Kier alpha value is -1.79. The summed E-state index contributed by atoms with van der Waals surface area (Å²) < 4.78 is 0. The van der Waals surface area contributed by atoms with Gasteiger partial charge in [0, 0.05) is 18.8 Å². The van der Waals surface area contributed by atoms with Crippen molar-refractivity contribution in [2.45, 2.75) is 19.4 Å². The van der Waals surface area contributed by atoms with E-state index in [-0.39, 0.29) is 24.2 Å². The average Bonchev–Trinajstić information content (AvgIpc) is 2.46. The van der Waals surface area contributed by atoms with Gasteiger partial charge in [0.1, 0.15) is 0 Å². The van der Waals surface area contributed by atoms with Crippen molar-refractivity contribution in [3.8, 4) is 0 Å². The lowest BCUT2D eigenvalue weighted by Gasteiger charge is -2.21. The lowest BCUT2D eigenvalue weighted by Crippen LogP contribution is -2.40. The van der Waals surface area contributed by atoms with Gasteiger partial charge in [0.05, 0.1) is 5.92 Å². The van der Waals surface area contributed by atoms with Crippen LogP contribution in [0.5, 0.6) is 0 Å². The zero-order valence-electron chi connectivity index (χ0n) is 11.7. The number of hydrogen-bond donors (Lipinski definition) is 4. The van der Waals surface area contributed by atoms with Gasteiger partial charge in [-0.2, -0.15) is 0 Å². The van der Waals surface area contributed by atoms with E-state index in [0.717, 1.165) is 31.5 Å². The van der Waals surface area contributed by atoms with Gasteiger partial charge in [-0.1, -0.05) is 12.1 Å². The molecule has 2 rings (SSSR count). The van der Waals surface area contributed by atoms with Crippen molar-refractivity contribution in [2.75, 3.05) is 18.4 Å². The molecule has 1 heterocycles. The van der Waals surface area contributed by atoms with Crippen LogP contribution in [-0.4, -0.2) is 25.0 Å². The van der Waals surface area contributed by atoms with Crippen LogP contribution in [0.4, 0.5) is 10.5 Å². The minimum atomic E-state index is -0.587. The van der Waals surface area contributed by atoms with Crippen LogP contribution in [0.1, 0.15) is 18.4 Å². The van der Waals surface area contributed by atoms with Gasteiger partial charge in [-0.05, 0) is 37.1 Å². The molecular weight excluding hydrogens is 292 g/mol. The van der Waals surface area contributed by atoms with Gasteiger partial charge in [-0.15, -0.1) is 12.4 Å². The first-order chi connectivity index (χ1) is 9.65. The SMILES string of the molecule is Cl.NC(=O)Nc1ccc(CNC(=O)C2CCCNC2)cc1. The Morgan fingerprint density at radius 3 is 2.57 bits per heavy atom. The largest absolute Gasteiger partial charge is 0.352 e. The second kappa shape index (κ2) is 8.49. The first-order valence-electron chi connectivity index (χ1n) is 6.79. The van der Waals surface area contributed by atoms with Crippen molar-refractivity contribution in [2.24, 2.45) is 11.7 Å². The zero-order valence-corrected chi connectivity index (χ0v) is 12.5. The second-order valence-electron chi connectivity index (χ2n) is 4.95. The van der Waals surface area contributed by atoms with E-state index in [4.69, 9.17) is 5.73 Å². The molecule has 1 aromatic carbocycles. The third-order valence-corrected chi connectivity index (χ3v) is 3.36. The van der Waals surface area contributed by atoms with E-state index in [2.05, 4.69) is 16.0 Å². The molecule has 6 nitrogen and oxygen atoms in total. The number of rotatable bonds is 4. The number of anilines is 1. The van der Waals surface area contributed by atoms with Crippen molar-refractivity contribution in [3.63, 3.8) is 0 Å². The van der Waals surface area contributed by atoms with Crippen LogP contribution in [0.3, 0.4) is 0 Å². The Bertz CT molecular complexity index is 472. The van der Waals surface area contributed by atoms with Crippen molar-refractivity contribution < 1.29 is 9.59 Å². The van der Waals surface area contributed by atoms with Gasteiger partial charge in [-0.25, -0.2) is 4.79 Å². The third-order valence-electron chi connectivity index (χ3n) is 3.36. The molecule has 0 bridgehead atoms. The second-order valence-corrected chi connectivity index (χ2v) is 4.95. The number of piperidine rings is 1. The van der Waals surface area contributed by atoms with Gasteiger partial charge in [0.2, 0.25) is 5.91 Å². The lowest BCUT2D eigenvalue weighted by atomic mass is 9.99. The van der Waals surface area contributed by atoms with Crippen molar-refractivity contribution in [1.82, 2.24) is 10.6 Å². The maximum absolute atomic E-state index is 12.0. The smallest absolute Gasteiger partial charge is 0.316 e. The molecule has 3 amide bonds. The third kappa shape index (κ3) is 5.61. The molecule has 1 aliphatic heterocycles. The van der Waals surface area contributed by atoms with Gasteiger partial charge in [0.25, 0.3) is 0 Å². The highest BCUT2D eigenvalue weighted by Gasteiger charge is 2.20. The molecule has 116 valence electrons. The van der Waals surface area contributed by atoms with Crippen LogP contribution in [-0.2, 0) is 11.3 Å². The number of amides is 3. The zero-order chi connectivity index (χ0) is 14.4. The fourth-order valence-corrected chi connectivity index (χ4v) is 2.26. The summed E-state index contributed by atoms with van der Waals surface area (Å²) in [7, 11) is 0. The van der Waals surface area contributed by atoms with E-state index >= 15 is 0 Å².